The molecule has 2 aliphatic rings. The molecule has 0 aromatic rings. The van der Waals surface area contributed by atoms with Gasteiger partial charge in [-0.3, -0.25) is 0 Å². The van der Waals surface area contributed by atoms with Crippen LogP contribution in [0.3, 0.4) is 0 Å². The van der Waals surface area contributed by atoms with Gasteiger partial charge in [0.05, 0.1) is 18.8 Å². The topological polar surface area (TPSA) is 41.5 Å². The first-order valence-electron chi connectivity index (χ1n) is 9.23. The van der Waals surface area contributed by atoms with Gasteiger partial charge in [-0.05, 0) is 44.4 Å². The highest BCUT2D eigenvalue weighted by Gasteiger charge is 2.25. The quantitative estimate of drug-likeness (QED) is 0.720. The Hall–Kier alpha value is -0.120. The molecule has 4 unspecified atom stereocenters. The molecule has 0 bridgehead atoms. The molecule has 3 heteroatoms. The molecule has 21 heavy (non-hydrogen) atoms. The molecule has 3 nitrogen and oxygen atoms in total. The van der Waals surface area contributed by atoms with Crippen LogP contribution in [0.25, 0.3) is 0 Å². The second-order valence-corrected chi connectivity index (χ2v) is 7.22. The van der Waals surface area contributed by atoms with Crippen molar-refractivity contribution in [2.75, 3.05) is 13.2 Å². The minimum Gasteiger partial charge on any atom is -0.389 e. The van der Waals surface area contributed by atoms with Crippen molar-refractivity contribution in [1.29, 1.82) is 0 Å². The molecule has 2 saturated carbocycles. The Bertz CT molecular complexity index is 278. The van der Waals surface area contributed by atoms with Crippen LogP contribution < -0.4 is 5.32 Å². The molecular formula is C18H35NO2. The summed E-state index contributed by atoms with van der Waals surface area (Å²) in [6, 6.07) is 0.528. The van der Waals surface area contributed by atoms with Gasteiger partial charge in [0.1, 0.15) is 0 Å². The van der Waals surface area contributed by atoms with E-state index in [4.69, 9.17) is 4.74 Å². The summed E-state index contributed by atoms with van der Waals surface area (Å²) in [5, 5.41) is 13.7. The number of hydrogen-bond donors (Lipinski definition) is 2. The van der Waals surface area contributed by atoms with Gasteiger partial charge in [0, 0.05) is 12.6 Å². The van der Waals surface area contributed by atoms with Gasteiger partial charge in [-0.1, -0.05) is 39.0 Å². The third-order valence-electron chi connectivity index (χ3n) is 5.65. The Morgan fingerprint density at radius 1 is 1.10 bits per heavy atom. The maximum atomic E-state index is 10.1. The molecular weight excluding hydrogens is 262 g/mol. The molecule has 124 valence electrons. The van der Waals surface area contributed by atoms with E-state index in [0.29, 0.717) is 31.2 Å². The Morgan fingerprint density at radius 2 is 1.76 bits per heavy atom. The third-order valence-corrected chi connectivity index (χ3v) is 5.65. The van der Waals surface area contributed by atoms with Crippen molar-refractivity contribution in [2.24, 2.45) is 11.8 Å². The van der Waals surface area contributed by atoms with Crippen LogP contribution in [0.5, 0.6) is 0 Å². The Kier molecular flexibility index (Phi) is 7.48. The van der Waals surface area contributed by atoms with E-state index >= 15 is 0 Å². The van der Waals surface area contributed by atoms with Gasteiger partial charge >= 0.3 is 0 Å². The molecule has 0 aromatic heterocycles. The van der Waals surface area contributed by atoms with Crippen LogP contribution in [0.15, 0.2) is 0 Å². The summed E-state index contributed by atoms with van der Waals surface area (Å²) >= 11 is 0. The summed E-state index contributed by atoms with van der Waals surface area (Å²) in [4.78, 5) is 0. The smallest absolute Gasteiger partial charge is 0.0897 e. The fraction of sp³-hybridized carbons (Fsp3) is 1.00. The highest BCUT2D eigenvalue weighted by molar-refractivity contribution is 4.79. The SMILES string of the molecule is CCC1CCCCC1OCC(O)CNC(C)C1CCCC1. The van der Waals surface area contributed by atoms with Gasteiger partial charge in [-0.2, -0.15) is 0 Å². The molecule has 2 aliphatic carbocycles. The zero-order chi connectivity index (χ0) is 15.1. The van der Waals surface area contributed by atoms with E-state index in [1.54, 1.807) is 0 Å². The highest BCUT2D eigenvalue weighted by Crippen LogP contribution is 2.29. The number of aliphatic hydroxyl groups is 1. The molecule has 0 aromatic carbocycles. The molecule has 0 heterocycles. The number of hydrogen-bond acceptors (Lipinski definition) is 3. The molecule has 0 saturated heterocycles. The van der Waals surface area contributed by atoms with Crippen LogP contribution in [-0.4, -0.2) is 36.5 Å². The Balaban J connectivity index is 1.61. The molecule has 4 atom stereocenters. The van der Waals surface area contributed by atoms with Crippen LogP contribution in [0.4, 0.5) is 0 Å². The molecule has 2 N–H and O–H groups in total. The van der Waals surface area contributed by atoms with Gasteiger partial charge in [-0.15, -0.1) is 0 Å². The largest absolute Gasteiger partial charge is 0.389 e. The lowest BCUT2D eigenvalue weighted by Crippen LogP contribution is -2.40. The van der Waals surface area contributed by atoms with Crippen molar-refractivity contribution >= 4 is 0 Å². The van der Waals surface area contributed by atoms with Gasteiger partial charge < -0.3 is 15.2 Å². The predicted octanol–water partition coefficient (Wildman–Crippen LogP) is 3.50. The zero-order valence-electron chi connectivity index (χ0n) is 14.0. The van der Waals surface area contributed by atoms with Crippen molar-refractivity contribution in [2.45, 2.75) is 89.9 Å². The number of rotatable bonds is 8. The van der Waals surface area contributed by atoms with E-state index in [0.717, 1.165) is 5.92 Å². The fourth-order valence-electron chi connectivity index (χ4n) is 4.10. The minimum absolute atomic E-state index is 0.367. The van der Waals surface area contributed by atoms with E-state index in [2.05, 4.69) is 19.2 Å². The fourth-order valence-corrected chi connectivity index (χ4v) is 4.10. The lowest BCUT2D eigenvalue weighted by Gasteiger charge is -2.31. The summed E-state index contributed by atoms with van der Waals surface area (Å²) in [5.74, 6) is 1.51. The summed E-state index contributed by atoms with van der Waals surface area (Å²) in [5.41, 5.74) is 0. The molecule has 2 rings (SSSR count). The first-order valence-corrected chi connectivity index (χ1v) is 9.23. The standard InChI is InChI=1S/C18H35NO2/c1-3-15-8-6-7-11-18(15)21-13-17(20)12-19-14(2)16-9-4-5-10-16/h14-20H,3-13H2,1-2H3. The summed E-state index contributed by atoms with van der Waals surface area (Å²) < 4.78 is 6.02. The maximum absolute atomic E-state index is 10.1. The van der Waals surface area contributed by atoms with Crippen LogP contribution in [-0.2, 0) is 4.74 Å². The van der Waals surface area contributed by atoms with E-state index in [-0.39, 0.29) is 6.10 Å². The maximum Gasteiger partial charge on any atom is 0.0897 e. The van der Waals surface area contributed by atoms with E-state index in [1.165, 1.54) is 57.8 Å². The monoisotopic (exact) mass is 297 g/mol. The molecule has 0 radical (unpaired) electrons. The van der Waals surface area contributed by atoms with E-state index in [1.807, 2.05) is 0 Å². The van der Waals surface area contributed by atoms with Crippen molar-refractivity contribution in [3.63, 3.8) is 0 Å². The number of ether oxygens (including phenoxy) is 1. The summed E-state index contributed by atoms with van der Waals surface area (Å²) in [6.07, 6.45) is 11.8. The van der Waals surface area contributed by atoms with E-state index < -0.39 is 0 Å². The lowest BCUT2D eigenvalue weighted by molar-refractivity contribution is -0.0505. The lowest BCUT2D eigenvalue weighted by atomic mass is 9.85. The van der Waals surface area contributed by atoms with Crippen molar-refractivity contribution in [1.82, 2.24) is 5.32 Å². The average molecular weight is 297 g/mol. The van der Waals surface area contributed by atoms with Crippen molar-refractivity contribution in [3.05, 3.63) is 0 Å². The molecule has 0 aliphatic heterocycles. The number of nitrogens with one attached hydrogen (secondary N) is 1. The van der Waals surface area contributed by atoms with Gasteiger partial charge in [0.25, 0.3) is 0 Å². The highest BCUT2D eigenvalue weighted by atomic mass is 16.5. The second kappa shape index (κ2) is 9.12. The molecule has 0 spiro atoms. The molecule has 2 fully saturated rings. The van der Waals surface area contributed by atoms with Crippen LogP contribution in [0.2, 0.25) is 0 Å². The van der Waals surface area contributed by atoms with E-state index in [9.17, 15) is 5.11 Å². The van der Waals surface area contributed by atoms with Gasteiger partial charge in [0.2, 0.25) is 0 Å². The second-order valence-electron chi connectivity index (χ2n) is 7.22. The average Bonchev–Trinajstić information content (AvgIpc) is 3.05. The van der Waals surface area contributed by atoms with Crippen LogP contribution in [0.1, 0.15) is 71.6 Å². The normalized spacial score (nSPS) is 30.4. The zero-order valence-corrected chi connectivity index (χ0v) is 14.0. The first-order chi connectivity index (χ1) is 10.2. The molecule has 0 amide bonds. The summed E-state index contributed by atoms with van der Waals surface area (Å²) in [6.45, 7) is 5.68. The first kappa shape index (κ1) is 17.2. The minimum atomic E-state index is -0.367. The third kappa shape index (κ3) is 5.54. The Morgan fingerprint density at radius 3 is 2.48 bits per heavy atom. The van der Waals surface area contributed by atoms with Crippen LogP contribution >= 0.6 is 0 Å². The van der Waals surface area contributed by atoms with Crippen LogP contribution in [0, 0.1) is 11.8 Å². The summed E-state index contributed by atoms with van der Waals surface area (Å²) in [7, 11) is 0. The van der Waals surface area contributed by atoms with Crippen molar-refractivity contribution in [3.8, 4) is 0 Å². The van der Waals surface area contributed by atoms with Crippen molar-refractivity contribution < 1.29 is 9.84 Å². The van der Waals surface area contributed by atoms with Gasteiger partial charge in [0.15, 0.2) is 0 Å². The Labute approximate surface area is 130 Å². The predicted molar refractivity (Wildman–Crippen MR) is 87.4 cm³/mol. The van der Waals surface area contributed by atoms with Gasteiger partial charge in [-0.25, -0.2) is 0 Å². The number of aliphatic hydroxyl groups excluding tert-OH is 1.